The minimum atomic E-state index is 0.684. The molecule has 0 fully saturated rings. The van der Waals surface area contributed by atoms with Crippen LogP contribution in [0.3, 0.4) is 0 Å². The molecule has 0 spiro atoms. The molecule has 0 saturated carbocycles. The normalized spacial score (nSPS) is 20.2. The highest BCUT2D eigenvalue weighted by atomic mass is 35.5. The fourth-order valence-corrected chi connectivity index (χ4v) is 3.71. The van der Waals surface area contributed by atoms with Crippen molar-refractivity contribution in [2.24, 2.45) is 4.99 Å². The number of nitrogens with one attached hydrogen (secondary N) is 1. The predicted octanol–water partition coefficient (Wildman–Crippen LogP) is 2.86. The van der Waals surface area contributed by atoms with E-state index in [9.17, 15) is 0 Å². The van der Waals surface area contributed by atoms with E-state index in [1.165, 1.54) is 0 Å². The lowest BCUT2D eigenvalue weighted by atomic mass is 10.1. The summed E-state index contributed by atoms with van der Waals surface area (Å²) in [5, 5.41) is 7.26. The van der Waals surface area contributed by atoms with Crippen LogP contribution in [0.5, 0.6) is 5.75 Å². The van der Waals surface area contributed by atoms with Crippen LogP contribution in [0.25, 0.3) is 5.70 Å². The summed E-state index contributed by atoms with van der Waals surface area (Å²) < 4.78 is 5.83. The summed E-state index contributed by atoms with van der Waals surface area (Å²) in [5.74, 6) is 0.899. The lowest BCUT2D eigenvalue weighted by molar-refractivity contribution is 0.322. The lowest BCUT2D eigenvalue weighted by Crippen LogP contribution is -2.23. The van der Waals surface area contributed by atoms with Crippen LogP contribution in [-0.4, -0.2) is 36.3 Å². The number of halogens is 1. The van der Waals surface area contributed by atoms with E-state index in [-0.39, 0.29) is 0 Å². The maximum atomic E-state index is 6.22. The second kappa shape index (κ2) is 4.35. The Labute approximate surface area is 120 Å². The van der Waals surface area contributed by atoms with Crippen molar-refractivity contribution in [3.63, 3.8) is 0 Å². The molecule has 19 heavy (non-hydrogen) atoms. The molecule has 0 aliphatic carbocycles. The molecule has 0 saturated heterocycles. The summed E-state index contributed by atoms with van der Waals surface area (Å²) in [6.07, 6.45) is 0. The van der Waals surface area contributed by atoms with Crippen molar-refractivity contribution in [3.8, 4) is 5.75 Å². The molecule has 4 rings (SSSR count). The molecule has 6 heteroatoms. The van der Waals surface area contributed by atoms with Crippen LogP contribution in [0.2, 0.25) is 5.02 Å². The Morgan fingerprint density at radius 3 is 3.32 bits per heavy atom. The number of hydrogen-bond acceptors (Lipinski definition) is 5. The van der Waals surface area contributed by atoms with Crippen molar-refractivity contribution < 1.29 is 4.74 Å². The third kappa shape index (κ3) is 1.80. The number of rotatable bonds is 1. The van der Waals surface area contributed by atoms with Gasteiger partial charge >= 0.3 is 0 Å². The van der Waals surface area contributed by atoms with Crippen LogP contribution < -0.4 is 10.1 Å². The monoisotopic (exact) mass is 293 g/mol. The van der Waals surface area contributed by atoms with Gasteiger partial charge in [0.25, 0.3) is 0 Å². The van der Waals surface area contributed by atoms with Crippen LogP contribution in [0.4, 0.5) is 5.69 Å². The van der Waals surface area contributed by atoms with Crippen molar-refractivity contribution in [3.05, 3.63) is 28.1 Å². The van der Waals surface area contributed by atoms with E-state index in [4.69, 9.17) is 16.3 Å². The Kier molecular flexibility index (Phi) is 2.63. The first-order valence-corrected chi connectivity index (χ1v) is 7.48. The highest BCUT2D eigenvalue weighted by Gasteiger charge is 2.30. The van der Waals surface area contributed by atoms with Gasteiger partial charge in [-0.15, -0.1) is 0 Å². The lowest BCUT2D eigenvalue weighted by Gasteiger charge is -2.25. The van der Waals surface area contributed by atoms with Gasteiger partial charge in [-0.05, 0) is 12.1 Å². The molecule has 1 N–H and O–H groups in total. The van der Waals surface area contributed by atoms with Gasteiger partial charge in [-0.2, -0.15) is 0 Å². The molecular formula is C13H12ClN3OS. The van der Waals surface area contributed by atoms with Gasteiger partial charge in [0.05, 0.1) is 17.9 Å². The van der Waals surface area contributed by atoms with Crippen LogP contribution in [0.1, 0.15) is 5.56 Å². The molecule has 0 aromatic heterocycles. The van der Waals surface area contributed by atoms with Gasteiger partial charge in [0.2, 0.25) is 0 Å². The fourth-order valence-electron chi connectivity index (χ4n) is 2.54. The van der Waals surface area contributed by atoms with Crippen LogP contribution in [0, 0.1) is 0 Å². The molecule has 0 atom stereocenters. The highest BCUT2D eigenvalue weighted by molar-refractivity contribution is 8.16. The molecule has 0 amide bonds. The molecular weight excluding hydrogens is 282 g/mol. The van der Waals surface area contributed by atoms with Crippen molar-refractivity contribution in [2.75, 3.05) is 31.6 Å². The van der Waals surface area contributed by atoms with E-state index in [2.05, 4.69) is 20.6 Å². The average Bonchev–Trinajstić information content (AvgIpc) is 3.00. The third-order valence-electron chi connectivity index (χ3n) is 3.36. The van der Waals surface area contributed by atoms with E-state index in [1.54, 1.807) is 11.8 Å². The molecule has 0 radical (unpaired) electrons. The largest absolute Gasteiger partial charge is 0.489 e. The fraction of sp³-hybridized carbons (Fsp3) is 0.308. The zero-order valence-corrected chi connectivity index (χ0v) is 11.7. The first kappa shape index (κ1) is 11.5. The first-order valence-electron chi connectivity index (χ1n) is 6.22. The van der Waals surface area contributed by atoms with Gasteiger partial charge in [0, 0.05) is 29.1 Å². The number of nitrogens with zero attached hydrogens (tertiary/aromatic N) is 2. The number of anilines is 1. The first-order chi connectivity index (χ1) is 9.33. The Morgan fingerprint density at radius 2 is 2.37 bits per heavy atom. The summed E-state index contributed by atoms with van der Waals surface area (Å²) in [4.78, 5) is 6.70. The molecule has 1 aromatic carbocycles. The number of benzene rings is 1. The van der Waals surface area contributed by atoms with Crippen LogP contribution in [-0.2, 0) is 0 Å². The van der Waals surface area contributed by atoms with E-state index < -0.39 is 0 Å². The SMILES string of the molecule is Clc1cc2c(c(C3=CSC4=NCCN34)c1)OCCN2. The van der Waals surface area contributed by atoms with Crippen molar-refractivity contribution in [2.45, 2.75) is 0 Å². The Hall–Kier alpha value is -1.33. The predicted molar refractivity (Wildman–Crippen MR) is 80.0 cm³/mol. The molecule has 3 heterocycles. The van der Waals surface area contributed by atoms with E-state index >= 15 is 0 Å². The molecule has 3 aliphatic rings. The Balaban J connectivity index is 1.83. The molecule has 98 valence electrons. The number of fused-ring (bicyclic) bond motifs is 2. The topological polar surface area (TPSA) is 36.9 Å². The minimum Gasteiger partial charge on any atom is -0.489 e. The number of amidine groups is 1. The zero-order valence-electron chi connectivity index (χ0n) is 10.1. The van der Waals surface area contributed by atoms with Gasteiger partial charge < -0.3 is 15.0 Å². The van der Waals surface area contributed by atoms with Gasteiger partial charge in [0.1, 0.15) is 6.61 Å². The maximum absolute atomic E-state index is 6.22. The van der Waals surface area contributed by atoms with E-state index in [1.807, 2.05) is 12.1 Å². The summed E-state index contributed by atoms with van der Waals surface area (Å²) >= 11 is 7.89. The number of aliphatic imine (C=N–C) groups is 1. The third-order valence-corrected chi connectivity index (χ3v) is 4.48. The van der Waals surface area contributed by atoms with Crippen molar-refractivity contribution in [1.82, 2.24) is 4.90 Å². The van der Waals surface area contributed by atoms with Gasteiger partial charge in [-0.1, -0.05) is 23.4 Å². The van der Waals surface area contributed by atoms with Gasteiger partial charge in [0.15, 0.2) is 10.9 Å². The number of thioether (sulfide) groups is 1. The summed E-state index contributed by atoms with van der Waals surface area (Å²) in [5.41, 5.74) is 3.17. The summed E-state index contributed by atoms with van der Waals surface area (Å²) in [6, 6.07) is 3.89. The zero-order chi connectivity index (χ0) is 12.8. The molecule has 0 bridgehead atoms. The molecule has 1 aromatic rings. The second-order valence-electron chi connectivity index (χ2n) is 4.54. The number of hydrogen-bond donors (Lipinski definition) is 1. The molecule has 0 unspecified atom stereocenters. The smallest absolute Gasteiger partial charge is 0.168 e. The van der Waals surface area contributed by atoms with E-state index in [0.717, 1.165) is 52.5 Å². The maximum Gasteiger partial charge on any atom is 0.168 e. The quantitative estimate of drug-likeness (QED) is 0.864. The van der Waals surface area contributed by atoms with Crippen molar-refractivity contribution in [1.29, 1.82) is 0 Å². The van der Waals surface area contributed by atoms with Crippen molar-refractivity contribution >= 4 is 39.9 Å². The Bertz CT molecular complexity index is 614. The highest BCUT2D eigenvalue weighted by Crippen LogP contribution is 2.43. The standard InChI is InChI=1S/C13H12ClN3OS/c14-8-5-9(12-10(6-8)15-2-4-18-12)11-7-19-13-16-1-3-17(11)13/h5-7,15H,1-4H2. The number of ether oxygens (including phenoxy) is 1. The molecule has 4 nitrogen and oxygen atoms in total. The van der Waals surface area contributed by atoms with Crippen LogP contribution >= 0.6 is 23.4 Å². The summed E-state index contributed by atoms with van der Waals surface area (Å²) in [7, 11) is 0. The van der Waals surface area contributed by atoms with Gasteiger partial charge in [-0.3, -0.25) is 4.99 Å². The van der Waals surface area contributed by atoms with Crippen LogP contribution in [0.15, 0.2) is 22.5 Å². The Morgan fingerprint density at radius 1 is 1.42 bits per heavy atom. The van der Waals surface area contributed by atoms with Gasteiger partial charge in [-0.25, -0.2) is 0 Å². The average molecular weight is 294 g/mol. The molecule has 3 aliphatic heterocycles. The second-order valence-corrected chi connectivity index (χ2v) is 5.82. The minimum absolute atomic E-state index is 0.684. The summed E-state index contributed by atoms with van der Waals surface area (Å²) in [6.45, 7) is 3.30. The van der Waals surface area contributed by atoms with E-state index in [0.29, 0.717) is 6.61 Å².